The van der Waals surface area contributed by atoms with Crippen molar-refractivity contribution in [3.05, 3.63) is 58.6 Å². The molecule has 0 saturated carbocycles. The number of benzene rings is 2. The zero-order valence-electron chi connectivity index (χ0n) is 10.9. The monoisotopic (exact) mass is 365 g/mol. The summed E-state index contributed by atoms with van der Waals surface area (Å²) in [6, 6.07) is 13.9. The Morgan fingerprint density at radius 2 is 1.76 bits per heavy atom. The third-order valence-electron chi connectivity index (χ3n) is 2.60. The van der Waals surface area contributed by atoms with Gasteiger partial charge >= 0.3 is 5.97 Å². The van der Waals surface area contributed by atoms with Crippen molar-refractivity contribution in [2.75, 3.05) is 11.1 Å². The molecule has 21 heavy (non-hydrogen) atoms. The van der Waals surface area contributed by atoms with Crippen molar-refractivity contribution in [1.82, 2.24) is 0 Å². The van der Waals surface area contributed by atoms with Crippen molar-refractivity contribution >= 4 is 45.3 Å². The predicted octanol–water partition coefficient (Wildman–Crippen LogP) is 3.88. The smallest absolute Gasteiger partial charge is 0.336 e. The molecular weight excluding hydrogens is 354 g/mol. The molecule has 0 unspecified atom stereocenters. The molecule has 2 N–H and O–H groups in total. The molecule has 1 amide bonds. The summed E-state index contributed by atoms with van der Waals surface area (Å²) in [5.74, 6) is -1.02. The molecule has 2 aromatic rings. The van der Waals surface area contributed by atoms with Crippen LogP contribution in [0.2, 0.25) is 0 Å². The minimum Gasteiger partial charge on any atom is -0.478 e. The first-order valence-electron chi connectivity index (χ1n) is 6.07. The van der Waals surface area contributed by atoms with Gasteiger partial charge in [-0.05, 0) is 36.4 Å². The number of amides is 1. The molecule has 0 spiro atoms. The molecule has 108 valence electrons. The molecule has 4 nitrogen and oxygen atoms in total. The van der Waals surface area contributed by atoms with Crippen LogP contribution < -0.4 is 5.32 Å². The number of anilines is 1. The Kier molecular flexibility index (Phi) is 5.41. The van der Waals surface area contributed by atoms with Gasteiger partial charge in [0, 0.05) is 15.1 Å². The number of hydrogen-bond donors (Lipinski definition) is 2. The summed E-state index contributed by atoms with van der Waals surface area (Å²) in [4.78, 5) is 23.5. The number of carbonyl (C=O) groups is 2. The zero-order chi connectivity index (χ0) is 15.2. The lowest BCUT2D eigenvalue weighted by molar-refractivity contribution is -0.113. The minimum atomic E-state index is -0.994. The lowest BCUT2D eigenvalue weighted by Crippen LogP contribution is -2.14. The van der Waals surface area contributed by atoms with Crippen molar-refractivity contribution in [3.8, 4) is 0 Å². The van der Waals surface area contributed by atoms with Gasteiger partial charge in [-0.15, -0.1) is 11.8 Å². The maximum Gasteiger partial charge on any atom is 0.336 e. The third kappa shape index (κ3) is 4.61. The minimum absolute atomic E-state index is 0.153. The molecule has 0 fully saturated rings. The number of carboxylic acids is 1. The van der Waals surface area contributed by atoms with Crippen LogP contribution in [-0.2, 0) is 4.79 Å². The van der Waals surface area contributed by atoms with Crippen molar-refractivity contribution in [1.29, 1.82) is 0 Å². The van der Waals surface area contributed by atoms with Crippen molar-refractivity contribution in [2.24, 2.45) is 0 Å². The van der Waals surface area contributed by atoms with Gasteiger partial charge in [-0.2, -0.15) is 0 Å². The summed E-state index contributed by atoms with van der Waals surface area (Å²) >= 11 is 4.53. The highest BCUT2D eigenvalue weighted by Gasteiger charge is 2.11. The van der Waals surface area contributed by atoms with Gasteiger partial charge in [0.1, 0.15) is 0 Å². The second kappa shape index (κ2) is 7.28. The van der Waals surface area contributed by atoms with Crippen LogP contribution in [0.1, 0.15) is 10.4 Å². The molecule has 0 radical (unpaired) electrons. The summed E-state index contributed by atoms with van der Waals surface area (Å²) in [5.41, 5.74) is 0.911. The fourth-order valence-electron chi connectivity index (χ4n) is 1.64. The fraction of sp³-hybridized carbons (Fsp3) is 0.0667. The normalized spacial score (nSPS) is 10.1. The Balaban J connectivity index is 1.95. The topological polar surface area (TPSA) is 66.4 Å². The van der Waals surface area contributed by atoms with Gasteiger partial charge in [0.05, 0.1) is 11.3 Å². The standard InChI is InChI=1S/C15H12BrNO3S/c16-10-5-7-11(8-6-10)17-14(18)9-21-13-4-2-1-3-12(13)15(19)20/h1-8H,9H2,(H,17,18)(H,19,20). The number of carbonyl (C=O) groups excluding carboxylic acids is 1. The highest BCUT2D eigenvalue weighted by molar-refractivity contribution is 9.10. The number of halogens is 1. The first kappa shape index (κ1) is 15.6. The molecule has 0 aliphatic heterocycles. The van der Waals surface area contributed by atoms with Crippen LogP contribution in [0, 0.1) is 0 Å². The van der Waals surface area contributed by atoms with E-state index >= 15 is 0 Å². The Hall–Kier alpha value is -1.79. The molecule has 2 aromatic carbocycles. The average Bonchev–Trinajstić information content (AvgIpc) is 2.48. The highest BCUT2D eigenvalue weighted by atomic mass is 79.9. The largest absolute Gasteiger partial charge is 0.478 e. The van der Waals surface area contributed by atoms with E-state index in [-0.39, 0.29) is 17.2 Å². The Morgan fingerprint density at radius 1 is 1.10 bits per heavy atom. The maximum absolute atomic E-state index is 11.9. The first-order chi connectivity index (χ1) is 10.1. The van der Waals surface area contributed by atoms with Crippen LogP contribution in [0.5, 0.6) is 0 Å². The summed E-state index contributed by atoms with van der Waals surface area (Å²) in [5, 5.41) is 11.8. The molecular formula is C15H12BrNO3S. The second-order valence-electron chi connectivity index (χ2n) is 4.15. The Bertz CT molecular complexity index is 658. The number of rotatable bonds is 5. The van der Waals surface area contributed by atoms with E-state index in [1.807, 2.05) is 12.1 Å². The zero-order valence-corrected chi connectivity index (χ0v) is 13.3. The molecule has 0 aliphatic rings. The van der Waals surface area contributed by atoms with Crippen LogP contribution in [0.15, 0.2) is 57.9 Å². The van der Waals surface area contributed by atoms with E-state index in [0.717, 1.165) is 4.47 Å². The average molecular weight is 366 g/mol. The molecule has 0 aliphatic carbocycles. The quantitative estimate of drug-likeness (QED) is 0.789. The number of carboxylic acid groups (broad SMARTS) is 1. The number of nitrogens with one attached hydrogen (secondary N) is 1. The van der Waals surface area contributed by atoms with Crippen molar-refractivity contribution in [2.45, 2.75) is 4.90 Å². The van der Waals surface area contributed by atoms with Gasteiger partial charge in [0.15, 0.2) is 0 Å². The predicted molar refractivity (Wildman–Crippen MR) is 86.9 cm³/mol. The fourth-order valence-corrected chi connectivity index (χ4v) is 2.75. The Morgan fingerprint density at radius 3 is 2.43 bits per heavy atom. The van der Waals surface area contributed by atoms with Crippen LogP contribution in [-0.4, -0.2) is 22.7 Å². The van der Waals surface area contributed by atoms with Crippen molar-refractivity contribution < 1.29 is 14.7 Å². The number of hydrogen-bond acceptors (Lipinski definition) is 3. The summed E-state index contributed by atoms with van der Waals surface area (Å²) in [6.07, 6.45) is 0. The van der Waals surface area contributed by atoms with Crippen LogP contribution in [0.4, 0.5) is 5.69 Å². The number of thioether (sulfide) groups is 1. The summed E-state index contributed by atoms with van der Waals surface area (Å²) in [6.45, 7) is 0. The van der Waals surface area contributed by atoms with E-state index in [1.165, 1.54) is 17.8 Å². The SMILES string of the molecule is O=C(CSc1ccccc1C(=O)O)Nc1ccc(Br)cc1. The van der Waals surface area contributed by atoms with Gasteiger partial charge < -0.3 is 10.4 Å². The Labute approximate surface area is 134 Å². The second-order valence-corrected chi connectivity index (χ2v) is 6.08. The lowest BCUT2D eigenvalue weighted by Gasteiger charge is -2.07. The highest BCUT2D eigenvalue weighted by Crippen LogP contribution is 2.23. The molecule has 6 heteroatoms. The summed E-state index contributed by atoms with van der Waals surface area (Å²) < 4.78 is 0.935. The van der Waals surface area contributed by atoms with Crippen LogP contribution in [0.25, 0.3) is 0 Å². The van der Waals surface area contributed by atoms with Gasteiger partial charge in [0.25, 0.3) is 0 Å². The van der Waals surface area contributed by atoms with Gasteiger partial charge in [-0.1, -0.05) is 28.1 Å². The molecule has 0 bridgehead atoms. The van der Waals surface area contributed by atoms with E-state index in [4.69, 9.17) is 5.11 Å². The van der Waals surface area contributed by atoms with Gasteiger partial charge in [0.2, 0.25) is 5.91 Å². The molecule has 0 atom stereocenters. The van der Waals surface area contributed by atoms with Gasteiger partial charge in [-0.25, -0.2) is 4.79 Å². The van der Waals surface area contributed by atoms with Crippen LogP contribution in [0.3, 0.4) is 0 Å². The third-order valence-corrected chi connectivity index (χ3v) is 4.21. The van der Waals surface area contributed by atoms with E-state index in [2.05, 4.69) is 21.2 Å². The molecule has 0 aromatic heterocycles. The maximum atomic E-state index is 11.9. The van der Waals surface area contributed by atoms with E-state index < -0.39 is 5.97 Å². The van der Waals surface area contributed by atoms with Gasteiger partial charge in [-0.3, -0.25) is 4.79 Å². The van der Waals surface area contributed by atoms with E-state index in [9.17, 15) is 9.59 Å². The molecule has 0 saturated heterocycles. The summed E-state index contributed by atoms with van der Waals surface area (Å²) in [7, 11) is 0. The van der Waals surface area contributed by atoms with E-state index in [1.54, 1.807) is 30.3 Å². The molecule has 2 rings (SSSR count). The van der Waals surface area contributed by atoms with Crippen LogP contribution >= 0.6 is 27.7 Å². The molecule has 0 heterocycles. The lowest BCUT2D eigenvalue weighted by atomic mass is 10.2. The van der Waals surface area contributed by atoms with E-state index in [0.29, 0.717) is 10.6 Å². The van der Waals surface area contributed by atoms with Crippen molar-refractivity contribution in [3.63, 3.8) is 0 Å². The number of aromatic carboxylic acids is 1. The first-order valence-corrected chi connectivity index (χ1v) is 7.84.